The van der Waals surface area contributed by atoms with Gasteiger partial charge in [0.25, 0.3) is 0 Å². The number of nitrogens with one attached hydrogen (secondary N) is 2. The Balaban J connectivity index is 2.13. The van der Waals surface area contributed by atoms with E-state index in [1.54, 1.807) is 5.32 Å². The SMILES string of the molecule is O=C(Nc1ccc(O)cc1C(=O)O)NC1(C(F)(F)F)CC1. The average molecular weight is 304 g/mol. The number of hydrogen-bond donors (Lipinski definition) is 4. The van der Waals surface area contributed by atoms with Crippen molar-refractivity contribution in [1.29, 1.82) is 0 Å². The third-order valence-electron chi connectivity index (χ3n) is 3.13. The molecular weight excluding hydrogens is 293 g/mol. The number of aromatic carboxylic acids is 1. The highest BCUT2D eigenvalue weighted by molar-refractivity contribution is 6.00. The summed E-state index contributed by atoms with van der Waals surface area (Å²) in [6.45, 7) is 0. The molecule has 0 atom stereocenters. The van der Waals surface area contributed by atoms with Crippen LogP contribution in [0.15, 0.2) is 18.2 Å². The number of carboxylic acids is 1. The number of carbonyl (C=O) groups is 2. The molecule has 1 fully saturated rings. The molecule has 0 saturated heterocycles. The summed E-state index contributed by atoms with van der Waals surface area (Å²) < 4.78 is 38.1. The van der Waals surface area contributed by atoms with E-state index in [4.69, 9.17) is 5.11 Å². The summed E-state index contributed by atoms with van der Waals surface area (Å²) in [5.74, 6) is -1.77. The molecule has 2 rings (SSSR count). The van der Waals surface area contributed by atoms with E-state index in [1.165, 1.54) is 0 Å². The van der Waals surface area contributed by atoms with Gasteiger partial charge >= 0.3 is 18.2 Å². The highest BCUT2D eigenvalue weighted by atomic mass is 19.4. The van der Waals surface area contributed by atoms with Crippen molar-refractivity contribution in [3.05, 3.63) is 23.8 Å². The Morgan fingerprint density at radius 1 is 1.24 bits per heavy atom. The van der Waals surface area contributed by atoms with E-state index in [-0.39, 0.29) is 24.3 Å². The van der Waals surface area contributed by atoms with Gasteiger partial charge in [0.05, 0.1) is 11.3 Å². The number of alkyl halides is 3. The second-order valence-electron chi connectivity index (χ2n) is 4.69. The second kappa shape index (κ2) is 4.83. The maximum atomic E-state index is 12.7. The van der Waals surface area contributed by atoms with Crippen molar-refractivity contribution in [1.82, 2.24) is 5.32 Å². The van der Waals surface area contributed by atoms with E-state index in [2.05, 4.69) is 0 Å². The van der Waals surface area contributed by atoms with E-state index in [1.807, 2.05) is 5.32 Å². The van der Waals surface area contributed by atoms with Gasteiger partial charge in [0.15, 0.2) is 0 Å². The number of phenolic OH excluding ortho intramolecular Hbond substituents is 1. The number of benzene rings is 1. The Bertz CT molecular complexity index is 597. The van der Waals surface area contributed by atoms with E-state index in [0.717, 1.165) is 18.2 Å². The highest BCUT2D eigenvalue weighted by Gasteiger charge is 2.64. The molecule has 4 N–H and O–H groups in total. The molecule has 6 nitrogen and oxygen atoms in total. The van der Waals surface area contributed by atoms with Gasteiger partial charge in [0.2, 0.25) is 0 Å². The van der Waals surface area contributed by atoms with Crippen molar-refractivity contribution >= 4 is 17.7 Å². The van der Waals surface area contributed by atoms with Crippen LogP contribution in [0, 0.1) is 0 Å². The number of anilines is 1. The lowest BCUT2D eigenvalue weighted by molar-refractivity contribution is -0.162. The molecule has 0 aliphatic heterocycles. The fraction of sp³-hybridized carbons (Fsp3) is 0.333. The number of amides is 2. The van der Waals surface area contributed by atoms with Crippen molar-refractivity contribution in [3.8, 4) is 5.75 Å². The first-order valence-electron chi connectivity index (χ1n) is 5.87. The van der Waals surface area contributed by atoms with Crippen LogP contribution >= 0.6 is 0 Å². The first-order valence-corrected chi connectivity index (χ1v) is 5.87. The predicted molar refractivity (Wildman–Crippen MR) is 65.2 cm³/mol. The molecule has 1 aromatic rings. The summed E-state index contributed by atoms with van der Waals surface area (Å²) in [6, 6.07) is 1.93. The highest BCUT2D eigenvalue weighted by Crippen LogP contribution is 2.48. The zero-order valence-corrected chi connectivity index (χ0v) is 10.5. The first-order chi connectivity index (χ1) is 9.64. The molecule has 0 aromatic heterocycles. The average Bonchev–Trinajstić information content (AvgIpc) is 3.11. The topological polar surface area (TPSA) is 98.7 Å². The number of carboxylic acid groups (broad SMARTS) is 1. The standard InChI is InChI=1S/C12H11F3N2O4/c13-12(14,15)11(3-4-11)17-10(21)16-8-2-1-6(18)5-7(8)9(19)20/h1-2,5,18H,3-4H2,(H,19,20)(H2,16,17,21). The van der Waals surface area contributed by atoms with Gasteiger partial charge in [-0.2, -0.15) is 13.2 Å². The lowest BCUT2D eigenvalue weighted by atomic mass is 10.1. The van der Waals surface area contributed by atoms with E-state index >= 15 is 0 Å². The van der Waals surface area contributed by atoms with Crippen LogP contribution in [-0.2, 0) is 0 Å². The van der Waals surface area contributed by atoms with Crippen molar-refractivity contribution in [2.75, 3.05) is 5.32 Å². The van der Waals surface area contributed by atoms with Gasteiger partial charge in [-0.1, -0.05) is 0 Å². The van der Waals surface area contributed by atoms with Crippen LogP contribution in [0.5, 0.6) is 5.75 Å². The van der Waals surface area contributed by atoms with Gasteiger partial charge in [-0.05, 0) is 31.0 Å². The third kappa shape index (κ3) is 3.01. The number of aromatic hydroxyl groups is 1. The predicted octanol–water partition coefficient (Wildman–Crippen LogP) is 2.31. The van der Waals surface area contributed by atoms with Crippen LogP contribution in [-0.4, -0.2) is 33.9 Å². The minimum absolute atomic E-state index is 0.212. The second-order valence-corrected chi connectivity index (χ2v) is 4.69. The molecule has 1 aromatic carbocycles. The maximum absolute atomic E-state index is 12.7. The van der Waals surface area contributed by atoms with Gasteiger partial charge in [-0.15, -0.1) is 0 Å². The van der Waals surface area contributed by atoms with Crippen molar-refractivity contribution in [2.45, 2.75) is 24.6 Å². The van der Waals surface area contributed by atoms with E-state index in [0.29, 0.717) is 0 Å². The van der Waals surface area contributed by atoms with Crippen LogP contribution in [0.1, 0.15) is 23.2 Å². The summed E-state index contributed by atoms with van der Waals surface area (Å²) in [5, 5.41) is 21.9. The molecule has 21 heavy (non-hydrogen) atoms. The monoisotopic (exact) mass is 304 g/mol. The van der Waals surface area contributed by atoms with Gasteiger partial charge in [0, 0.05) is 0 Å². The van der Waals surface area contributed by atoms with Crippen LogP contribution in [0.3, 0.4) is 0 Å². The van der Waals surface area contributed by atoms with Crippen molar-refractivity contribution < 1.29 is 33.0 Å². The smallest absolute Gasteiger partial charge is 0.411 e. The Hall–Kier alpha value is -2.45. The molecule has 1 aliphatic carbocycles. The zero-order chi connectivity index (χ0) is 15.8. The van der Waals surface area contributed by atoms with Gasteiger partial charge in [-0.3, -0.25) is 0 Å². The van der Waals surface area contributed by atoms with Crippen LogP contribution in [0.4, 0.5) is 23.7 Å². The van der Waals surface area contributed by atoms with Crippen LogP contribution in [0.2, 0.25) is 0 Å². The number of urea groups is 1. The molecule has 0 spiro atoms. The van der Waals surface area contributed by atoms with Crippen LogP contribution in [0.25, 0.3) is 0 Å². The Kier molecular flexibility index (Phi) is 3.44. The molecule has 9 heteroatoms. The third-order valence-corrected chi connectivity index (χ3v) is 3.13. The van der Waals surface area contributed by atoms with Crippen molar-refractivity contribution in [2.24, 2.45) is 0 Å². The van der Waals surface area contributed by atoms with Crippen molar-refractivity contribution in [3.63, 3.8) is 0 Å². The number of carbonyl (C=O) groups excluding carboxylic acids is 1. The van der Waals surface area contributed by atoms with Gasteiger partial charge in [-0.25, -0.2) is 9.59 Å². The number of hydrogen-bond acceptors (Lipinski definition) is 3. The molecule has 2 amide bonds. The fourth-order valence-corrected chi connectivity index (χ4v) is 1.79. The number of halogens is 3. The minimum Gasteiger partial charge on any atom is -0.508 e. The molecular formula is C12H11F3N2O4. The largest absolute Gasteiger partial charge is 0.508 e. The molecule has 1 saturated carbocycles. The minimum atomic E-state index is -4.56. The summed E-state index contributed by atoms with van der Waals surface area (Å²) in [5.41, 5.74) is -2.88. The lowest BCUT2D eigenvalue weighted by Gasteiger charge is -2.21. The Labute approximate surface area is 116 Å². The van der Waals surface area contributed by atoms with Gasteiger partial charge in [0.1, 0.15) is 11.3 Å². The molecule has 1 aliphatic rings. The Morgan fingerprint density at radius 3 is 2.33 bits per heavy atom. The van der Waals surface area contributed by atoms with Crippen LogP contribution < -0.4 is 10.6 Å². The summed E-state index contributed by atoms with van der Waals surface area (Å²) >= 11 is 0. The summed E-state index contributed by atoms with van der Waals surface area (Å²) in [6.07, 6.45) is -4.99. The summed E-state index contributed by atoms with van der Waals surface area (Å²) in [7, 11) is 0. The lowest BCUT2D eigenvalue weighted by Crippen LogP contribution is -2.49. The Morgan fingerprint density at radius 2 is 1.86 bits per heavy atom. The zero-order valence-electron chi connectivity index (χ0n) is 10.5. The molecule has 0 radical (unpaired) electrons. The number of phenols is 1. The summed E-state index contributed by atoms with van der Waals surface area (Å²) in [4.78, 5) is 22.5. The van der Waals surface area contributed by atoms with E-state index < -0.39 is 29.3 Å². The molecule has 0 unspecified atom stereocenters. The van der Waals surface area contributed by atoms with E-state index in [9.17, 15) is 27.9 Å². The fourth-order valence-electron chi connectivity index (χ4n) is 1.79. The normalized spacial score (nSPS) is 16.1. The maximum Gasteiger partial charge on any atom is 0.411 e. The molecule has 0 bridgehead atoms. The quantitative estimate of drug-likeness (QED) is 0.644. The molecule has 114 valence electrons. The molecule has 0 heterocycles. The number of rotatable bonds is 3. The van der Waals surface area contributed by atoms with Gasteiger partial charge < -0.3 is 20.8 Å². The first kappa shape index (κ1) is 14.9.